The summed E-state index contributed by atoms with van der Waals surface area (Å²) in [6.07, 6.45) is 0. The van der Waals surface area contributed by atoms with Crippen LogP contribution in [-0.2, 0) is 4.79 Å². The number of rotatable bonds is 6. The number of hydrogen-bond donors (Lipinski definition) is 2. The van der Waals surface area contributed by atoms with Crippen LogP contribution in [0.25, 0.3) is 0 Å². The summed E-state index contributed by atoms with van der Waals surface area (Å²) < 4.78 is 5.98. The fourth-order valence-electron chi connectivity index (χ4n) is 2.53. The lowest BCUT2D eigenvalue weighted by Crippen LogP contribution is -2.47. The van der Waals surface area contributed by atoms with Gasteiger partial charge in [0.25, 0.3) is 5.91 Å². The topological polar surface area (TPSA) is 67.4 Å². The average Bonchev–Trinajstić information content (AvgIpc) is 2.59. The molecule has 0 aliphatic rings. The van der Waals surface area contributed by atoms with E-state index in [-0.39, 0.29) is 17.7 Å². The smallest absolute Gasteiger partial charge is 0.253 e. The predicted octanol–water partition coefficient (Wildman–Crippen LogP) is 4.16. The molecular formula is C20H23BrN2O3. The van der Waals surface area contributed by atoms with Crippen LogP contribution in [0.15, 0.2) is 46.9 Å². The molecule has 0 aromatic heterocycles. The van der Waals surface area contributed by atoms with Gasteiger partial charge in [-0.15, -0.1) is 0 Å². The van der Waals surface area contributed by atoms with Gasteiger partial charge < -0.3 is 15.4 Å². The van der Waals surface area contributed by atoms with Crippen molar-refractivity contribution in [2.24, 2.45) is 5.92 Å². The molecule has 0 aliphatic heterocycles. The summed E-state index contributed by atoms with van der Waals surface area (Å²) in [6.45, 7) is 5.71. The number of aryl methyl sites for hydroxylation is 1. The first-order valence-electron chi connectivity index (χ1n) is 8.34. The molecule has 6 heteroatoms. The minimum Gasteiger partial charge on any atom is -0.495 e. The van der Waals surface area contributed by atoms with Gasteiger partial charge in [-0.2, -0.15) is 0 Å². The lowest BCUT2D eigenvalue weighted by atomic mass is 10.0. The molecule has 0 spiro atoms. The van der Waals surface area contributed by atoms with E-state index in [1.54, 1.807) is 31.4 Å². The predicted molar refractivity (Wildman–Crippen MR) is 107 cm³/mol. The Morgan fingerprint density at radius 2 is 1.81 bits per heavy atom. The fourth-order valence-corrected chi connectivity index (χ4v) is 2.99. The van der Waals surface area contributed by atoms with E-state index in [9.17, 15) is 9.59 Å². The summed E-state index contributed by atoms with van der Waals surface area (Å²) in [5.41, 5.74) is 2.07. The van der Waals surface area contributed by atoms with Crippen LogP contribution >= 0.6 is 15.9 Å². The molecule has 26 heavy (non-hydrogen) atoms. The second-order valence-electron chi connectivity index (χ2n) is 6.37. The van der Waals surface area contributed by atoms with Gasteiger partial charge in [-0.25, -0.2) is 0 Å². The number of halogens is 1. The zero-order valence-corrected chi connectivity index (χ0v) is 16.9. The first-order valence-corrected chi connectivity index (χ1v) is 9.13. The average molecular weight is 419 g/mol. The normalized spacial score (nSPS) is 11.8. The molecule has 0 bridgehead atoms. The molecule has 0 heterocycles. The van der Waals surface area contributed by atoms with E-state index < -0.39 is 6.04 Å². The number of carbonyl (C=O) groups is 2. The number of amides is 2. The van der Waals surface area contributed by atoms with Crippen LogP contribution in [0.4, 0.5) is 5.69 Å². The van der Waals surface area contributed by atoms with Crippen molar-refractivity contribution in [1.82, 2.24) is 5.32 Å². The van der Waals surface area contributed by atoms with E-state index in [4.69, 9.17) is 4.74 Å². The molecule has 2 aromatic carbocycles. The standard InChI is InChI=1S/C20H23BrN2O3/c1-12(2)18(23-19(24)14-7-5-6-8-15(14)21)20(25)22-16-11-13(3)9-10-17(16)26-4/h5-12,18H,1-4H3,(H,22,25)(H,23,24)/t18-/m1/s1. The third-order valence-electron chi connectivity index (χ3n) is 3.97. The largest absolute Gasteiger partial charge is 0.495 e. The molecule has 0 unspecified atom stereocenters. The molecule has 0 aliphatic carbocycles. The van der Waals surface area contributed by atoms with Crippen molar-refractivity contribution >= 4 is 33.4 Å². The summed E-state index contributed by atoms with van der Waals surface area (Å²) in [6, 6.07) is 12.0. The zero-order valence-electron chi connectivity index (χ0n) is 15.3. The Bertz CT molecular complexity index is 805. The van der Waals surface area contributed by atoms with Gasteiger partial charge in [0.05, 0.1) is 18.4 Å². The van der Waals surface area contributed by atoms with Crippen molar-refractivity contribution in [1.29, 1.82) is 0 Å². The van der Waals surface area contributed by atoms with Gasteiger partial charge in [-0.1, -0.05) is 32.0 Å². The van der Waals surface area contributed by atoms with E-state index in [0.717, 1.165) is 5.56 Å². The monoisotopic (exact) mass is 418 g/mol. The third kappa shape index (κ3) is 4.85. The molecule has 2 N–H and O–H groups in total. The lowest BCUT2D eigenvalue weighted by molar-refractivity contribution is -0.118. The van der Waals surface area contributed by atoms with Crippen molar-refractivity contribution < 1.29 is 14.3 Å². The quantitative estimate of drug-likeness (QED) is 0.739. The van der Waals surface area contributed by atoms with Gasteiger partial charge in [-0.05, 0) is 58.6 Å². The molecule has 0 saturated heterocycles. The Hall–Kier alpha value is -2.34. The van der Waals surface area contributed by atoms with E-state index in [1.165, 1.54) is 0 Å². The van der Waals surface area contributed by atoms with Gasteiger partial charge in [0.2, 0.25) is 5.91 Å². The van der Waals surface area contributed by atoms with Crippen molar-refractivity contribution in [3.63, 3.8) is 0 Å². The fraction of sp³-hybridized carbons (Fsp3) is 0.300. The maximum absolute atomic E-state index is 12.8. The second kappa shape index (κ2) is 8.85. The van der Waals surface area contributed by atoms with Crippen molar-refractivity contribution in [2.45, 2.75) is 26.8 Å². The molecule has 2 aromatic rings. The molecule has 0 radical (unpaired) electrons. The molecule has 1 atom stereocenters. The summed E-state index contributed by atoms with van der Waals surface area (Å²) >= 11 is 3.36. The van der Waals surface area contributed by atoms with Crippen LogP contribution in [0, 0.1) is 12.8 Å². The molecule has 2 rings (SSSR count). The Morgan fingerprint density at radius 1 is 1.12 bits per heavy atom. The number of ether oxygens (including phenoxy) is 1. The maximum atomic E-state index is 12.8. The number of benzene rings is 2. The number of nitrogens with one attached hydrogen (secondary N) is 2. The Labute approximate surface area is 162 Å². The Kier molecular flexibility index (Phi) is 6.80. The minimum atomic E-state index is -0.681. The van der Waals surface area contributed by atoms with Gasteiger partial charge >= 0.3 is 0 Å². The van der Waals surface area contributed by atoms with Crippen molar-refractivity contribution in [2.75, 3.05) is 12.4 Å². The molecule has 5 nitrogen and oxygen atoms in total. The number of anilines is 1. The summed E-state index contributed by atoms with van der Waals surface area (Å²) in [5.74, 6) is -0.104. The minimum absolute atomic E-state index is 0.0859. The van der Waals surface area contributed by atoms with E-state index >= 15 is 0 Å². The SMILES string of the molecule is COc1ccc(C)cc1NC(=O)[C@H](NC(=O)c1ccccc1Br)C(C)C. The Morgan fingerprint density at radius 3 is 2.42 bits per heavy atom. The van der Waals surface area contributed by atoms with Crippen LogP contribution in [0.1, 0.15) is 29.8 Å². The summed E-state index contributed by atoms with van der Waals surface area (Å²) in [7, 11) is 1.55. The lowest BCUT2D eigenvalue weighted by Gasteiger charge is -2.22. The molecule has 0 saturated carbocycles. The van der Waals surface area contributed by atoms with Crippen LogP contribution < -0.4 is 15.4 Å². The highest BCUT2D eigenvalue weighted by molar-refractivity contribution is 9.10. The Balaban J connectivity index is 2.19. The van der Waals surface area contributed by atoms with Gasteiger partial charge in [-0.3, -0.25) is 9.59 Å². The highest BCUT2D eigenvalue weighted by atomic mass is 79.9. The van der Waals surface area contributed by atoms with Gasteiger partial charge in [0.15, 0.2) is 0 Å². The van der Waals surface area contributed by atoms with Gasteiger partial charge in [0.1, 0.15) is 11.8 Å². The molecule has 2 amide bonds. The number of hydrogen-bond acceptors (Lipinski definition) is 3. The van der Waals surface area contributed by atoms with Crippen molar-refractivity contribution in [3.05, 3.63) is 58.1 Å². The first kappa shape index (κ1) is 20.0. The van der Waals surface area contributed by atoms with Crippen LogP contribution in [0.2, 0.25) is 0 Å². The summed E-state index contributed by atoms with van der Waals surface area (Å²) in [4.78, 5) is 25.4. The van der Waals surface area contributed by atoms with Gasteiger partial charge in [0, 0.05) is 4.47 Å². The molecular weight excluding hydrogens is 396 g/mol. The van der Waals surface area contributed by atoms with Crippen LogP contribution in [0.5, 0.6) is 5.75 Å². The van der Waals surface area contributed by atoms with E-state index in [2.05, 4.69) is 26.6 Å². The molecule has 0 fully saturated rings. The second-order valence-corrected chi connectivity index (χ2v) is 7.22. The van der Waals surface area contributed by atoms with E-state index in [0.29, 0.717) is 21.5 Å². The van der Waals surface area contributed by atoms with E-state index in [1.807, 2.05) is 39.0 Å². The zero-order chi connectivity index (χ0) is 19.3. The highest BCUT2D eigenvalue weighted by Gasteiger charge is 2.26. The number of carbonyl (C=O) groups excluding carboxylic acids is 2. The maximum Gasteiger partial charge on any atom is 0.253 e. The van der Waals surface area contributed by atoms with Crippen LogP contribution in [0.3, 0.4) is 0 Å². The van der Waals surface area contributed by atoms with Crippen LogP contribution in [-0.4, -0.2) is 25.0 Å². The highest BCUT2D eigenvalue weighted by Crippen LogP contribution is 2.26. The van der Waals surface area contributed by atoms with Crippen molar-refractivity contribution in [3.8, 4) is 5.75 Å². The molecule has 138 valence electrons. The first-order chi connectivity index (χ1) is 12.3. The summed E-state index contributed by atoms with van der Waals surface area (Å²) in [5, 5.41) is 5.69. The number of methoxy groups -OCH3 is 1. The third-order valence-corrected chi connectivity index (χ3v) is 4.66.